The summed E-state index contributed by atoms with van der Waals surface area (Å²) in [6.07, 6.45) is -0.251. The van der Waals surface area contributed by atoms with Crippen molar-refractivity contribution in [2.24, 2.45) is 7.05 Å². The minimum Gasteiger partial charge on any atom is -0.481 e. The van der Waals surface area contributed by atoms with Crippen LogP contribution in [0.15, 0.2) is 41.2 Å². The van der Waals surface area contributed by atoms with Crippen LogP contribution in [0, 0.1) is 5.82 Å². The monoisotopic (exact) mass is 301 g/mol. The Kier molecular flexibility index (Phi) is 3.25. The molecular formula is C15H12FN3O3. The van der Waals surface area contributed by atoms with E-state index in [1.807, 2.05) is 0 Å². The van der Waals surface area contributed by atoms with Crippen LogP contribution in [0.1, 0.15) is 5.69 Å². The molecule has 0 radical (unpaired) electrons. The van der Waals surface area contributed by atoms with Gasteiger partial charge in [-0.25, -0.2) is 4.39 Å². The van der Waals surface area contributed by atoms with Gasteiger partial charge in [0.2, 0.25) is 0 Å². The van der Waals surface area contributed by atoms with E-state index in [0.29, 0.717) is 22.6 Å². The van der Waals surface area contributed by atoms with Gasteiger partial charge in [-0.05, 0) is 24.3 Å². The Morgan fingerprint density at radius 1 is 1.27 bits per heavy atom. The van der Waals surface area contributed by atoms with Crippen molar-refractivity contribution >= 4 is 11.6 Å². The zero-order valence-corrected chi connectivity index (χ0v) is 11.7. The molecule has 0 atom stereocenters. The van der Waals surface area contributed by atoms with Crippen LogP contribution < -0.4 is 5.56 Å². The van der Waals surface area contributed by atoms with Crippen LogP contribution in [0.25, 0.3) is 16.9 Å². The lowest BCUT2D eigenvalue weighted by Crippen LogP contribution is -2.21. The van der Waals surface area contributed by atoms with Crippen molar-refractivity contribution < 1.29 is 14.3 Å². The predicted octanol–water partition coefficient (Wildman–Crippen LogP) is 1.47. The lowest BCUT2D eigenvalue weighted by molar-refractivity contribution is -0.136. The molecule has 7 heteroatoms. The number of nitrogens with zero attached hydrogens (tertiary/aromatic N) is 3. The van der Waals surface area contributed by atoms with Gasteiger partial charge in [0.1, 0.15) is 11.5 Å². The first-order chi connectivity index (χ1) is 10.5. The molecule has 0 saturated carbocycles. The summed E-state index contributed by atoms with van der Waals surface area (Å²) in [5.74, 6) is -1.37. The molecule has 0 amide bonds. The Bertz CT molecular complexity index is 926. The predicted molar refractivity (Wildman–Crippen MR) is 77.2 cm³/mol. The minimum absolute atomic E-state index is 0.251. The second-order valence-corrected chi connectivity index (χ2v) is 4.91. The van der Waals surface area contributed by atoms with Crippen LogP contribution in [0.3, 0.4) is 0 Å². The molecule has 0 bridgehead atoms. The highest BCUT2D eigenvalue weighted by Gasteiger charge is 2.13. The second-order valence-electron chi connectivity index (χ2n) is 4.91. The fourth-order valence-corrected chi connectivity index (χ4v) is 2.31. The molecule has 1 aromatic carbocycles. The summed E-state index contributed by atoms with van der Waals surface area (Å²) in [6.45, 7) is 0. The van der Waals surface area contributed by atoms with E-state index in [9.17, 15) is 14.0 Å². The maximum Gasteiger partial charge on any atom is 0.309 e. The zero-order chi connectivity index (χ0) is 15.9. The van der Waals surface area contributed by atoms with E-state index >= 15 is 0 Å². The van der Waals surface area contributed by atoms with Crippen molar-refractivity contribution in [1.29, 1.82) is 0 Å². The van der Waals surface area contributed by atoms with Crippen molar-refractivity contribution in [2.45, 2.75) is 6.42 Å². The fraction of sp³-hybridized carbons (Fsp3) is 0.133. The van der Waals surface area contributed by atoms with E-state index in [1.165, 1.54) is 22.7 Å². The molecule has 0 fully saturated rings. The number of aryl methyl sites for hydroxylation is 1. The highest BCUT2D eigenvalue weighted by molar-refractivity contribution is 5.70. The lowest BCUT2D eigenvalue weighted by atomic mass is 10.1. The Balaban J connectivity index is 2.19. The molecular weight excluding hydrogens is 289 g/mol. The molecule has 0 aliphatic rings. The average molecular weight is 301 g/mol. The number of aliphatic carboxylic acids is 1. The number of rotatable bonds is 3. The molecule has 2 aromatic heterocycles. The largest absolute Gasteiger partial charge is 0.481 e. The second kappa shape index (κ2) is 5.10. The molecule has 1 N–H and O–H groups in total. The van der Waals surface area contributed by atoms with Crippen LogP contribution >= 0.6 is 0 Å². The first-order valence-electron chi connectivity index (χ1n) is 6.52. The van der Waals surface area contributed by atoms with Gasteiger partial charge in [0.25, 0.3) is 5.56 Å². The van der Waals surface area contributed by atoms with Crippen molar-refractivity contribution in [3.63, 3.8) is 0 Å². The number of aromatic nitrogens is 3. The van der Waals surface area contributed by atoms with E-state index in [1.54, 1.807) is 29.8 Å². The maximum atomic E-state index is 13.0. The molecule has 0 aliphatic heterocycles. The number of carbonyl (C=O) groups is 1. The zero-order valence-electron chi connectivity index (χ0n) is 11.7. The van der Waals surface area contributed by atoms with Gasteiger partial charge < -0.3 is 9.67 Å². The normalized spacial score (nSPS) is 11.0. The molecule has 2 heterocycles. The highest BCUT2D eigenvalue weighted by atomic mass is 19.1. The van der Waals surface area contributed by atoms with Crippen LogP contribution in [0.5, 0.6) is 0 Å². The average Bonchev–Trinajstić information content (AvgIpc) is 2.90. The van der Waals surface area contributed by atoms with E-state index in [4.69, 9.17) is 5.11 Å². The van der Waals surface area contributed by atoms with Crippen molar-refractivity contribution in [2.75, 3.05) is 0 Å². The minimum atomic E-state index is -1.02. The van der Waals surface area contributed by atoms with Gasteiger partial charge in [0, 0.05) is 30.4 Å². The van der Waals surface area contributed by atoms with Gasteiger partial charge in [-0.3, -0.25) is 9.59 Å². The molecule has 0 aliphatic carbocycles. The fourth-order valence-electron chi connectivity index (χ4n) is 2.31. The summed E-state index contributed by atoms with van der Waals surface area (Å²) in [4.78, 5) is 22.9. The Morgan fingerprint density at radius 3 is 2.59 bits per heavy atom. The molecule has 22 heavy (non-hydrogen) atoms. The van der Waals surface area contributed by atoms with Crippen LogP contribution in [-0.2, 0) is 18.3 Å². The van der Waals surface area contributed by atoms with Crippen molar-refractivity contribution in [3.8, 4) is 11.3 Å². The summed E-state index contributed by atoms with van der Waals surface area (Å²) < 4.78 is 15.8. The molecule has 6 nitrogen and oxygen atoms in total. The Labute approximate surface area is 124 Å². The van der Waals surface area contributed by atoms with E-state index in [-0.39, 0.29) is 12.2 Å². The topological polar surface area (TPSA) is 76.6 Å². The van der Waals surface area contributed by atoms with Gasteiger partial charge in [-0.15, -0.1) is 0 Å². The number of hydrogen-bond acceptors (Lipinski definition) is 3. The Hall–Kier alpha value is -2.96. The molecule has 0 saturated heterocycles. The third kappa shape index (κ3) is 2.37. The SMILES string of the molecule is Cn1c(CC(=O)O)cc(=O)n2nc(-c3ccc(F)cc3)cc12. The maximum absolute atomic E-state index is 13.0. The van der Waals surface area contributed by atoms with E-state index in [0.717, 1.165) is 0 Å². The summed E-state index contributed by atoms with van der Waals surface area (Å²) in [5.41, 5.74) is 1.64. The van der Waals surface area contributed by atoms with Crippen LogP contribution in [0.4, 0.5) is 4.39 Å². The van der Waals surface area contributed by atoms with E-state index < -0.39 is 11.5 Å². The summed E-state index contributed by atoms with van der Waals surface area (Å²) >= 11 is 0. The van der Waals surface area contributed by atoms with Gasteiger partial charge in [-0.2, -0.15) is 9.61 Å². The Morgan fingerprint density at radius 2 is 1.95 bits per heavy atom. The molecule has 3 aromatic rings. The first-order valence-corrected chi connectivity index (χ1v) is 6.52. The quantitative estimate of drug-likeness (QED) is 0.794. The van der Waals surface area contributed by atoms with Gasteiger partial charge >= 0.3 is 5.97 Å². The third-order valence-electron chi connectivity index (χ3n) is 3.44. The molecule has 3 rings (SSSR count). The number of carboxylic acid groups (broad SMARTS) is 1. The van der Waals surface area contributed by atoms with E-state index in [2.05, 4.69) is 5.10 Å². The lowest BCUT2D eigenvalue weighted by Gasteiger charge is -2.07. The van der Waals surface area contributed by atoms with Gasteiger partial charge in [0.05, 0.1) is 12.1 Å². The van der Waals surface area contributed by atoms with Crippen molar-refractivity contribution in [1.82, 2.24) is 14.2 Å². The third-order valence-corrected chi connectivity index (χ3v) is 3.44. The standard InChI is InChI=1S/C15H12FN3O3/c1-18-11(7-15(21)22)6-14(20)19-13(18)8-12(17-19)9-2-4-10(16)5-3-9/h2-6,8H,7H2,1H3,(H,21,22). The summed E-state index contributed by atoms with van der Waals surface area (Å²) in [6, 6.07) is 8.68. The molecule has 0 spiro atoms. The van der Waals surface area contributed by atoms with Gasteiger partial charge in [-0.1, -0.05) is 0 Å². The van der Waals surface area contributed by atoms with Gasteiger partial charge in [0.15, 0.2) is 0 Å². The number of benzene rings is 1. The summed E-state index contributed by atoms with van der Waals surface area (Å²) in [5, 5.41) is 13.1. The van der Waals surface area contributed by atoms with Crippen LogP contribution in [-0.4, -0.2) is 25.3 Å². The number of hydrogen-bond donors (Lipinski definition) is 1. The first kappa shape index (κ1) is 14.0. The number of halogens is 1. The van der Waals surface area contributed by atoms with Crippen molar-refractivity contribution in [3.05, 3.63) is 58.3 Å². The molecule has 112 valence electrons. The number of fused-ring (bicyclic) bond motifs is 1. The summed E-state index contributed by atoms with van der Waals surface area (Å²) in [7, 11) is 1.67. The van der Waals surface area contributed by atoms with Crippen LogP contribution in [0.2, 0.25) is 0 Å². The smallest absolute Gasteiger partial charge is 0.309 e. The highest BCUT2D eigenvalue weighted by Crippen LogP contribution is 2.19. The molecule has 0 unspecified atom stereocenters. The number of carboxylic acids is 1.